The molecule has 6 nitrogen and oxygen atoms in total. The van der Waals surface area contributed by atoms with Crippen molar-refractivity contribution in [1.29, 1.82) is 0 Å². The topological polar surface area (TPSA) is 66.7 Å². The second-order valence-corrected chi connectivity index (χ2v) is 7.95. The molecule has 2 heterocycles. The van der Waals surface area contributed by atoms with Gasteiger partial charge >= 0.3 is 0 Å². The van der Waals surface area contributed by atoms with E-state index in [2.05, 4.69) is 29.3 Å². The summed E-state index contributed by atoms with van der Waals surface area (Å²) in [5.41, 5.74) is 3.25. The molecule has 4 rings (SSSR count). The first-order valence-electron chi connectivity index (χ1n) is 10.0. The number of allylic oxidation sites excluding steroid dienone is 5. The van der Waals surface area contributed by atoms with Crippen LogP contribution in [0.4, 0.5) is 0 Å². The largest absolute Gasteiger partial charge is 0.352 e. The minimum atomic E-state index is -0.205. The van der Waals surface area contributed by atoms with Crippen LogP contribution in [0, 0.1) is 5.92 Å². The van der Waals surface area contributed by atoms with Gasteiger partial charge in [-0.1, -0.05) is 31.2 Å². The Hall–Kier alpha value is -2.99. The van der Waals surface area contributed by atoms with Crippen LogP contribution in [-0.2, 0) is 0 Å². The molecule has 0 bridgehead atoms. The molecule has 2 aliphatic rings. The molecule has 0 saturated heterocycles. The zero-order valence-electron chi connectivity index (χ0n) is 17.1. The van der Waals surface area contributed by atoms with E-state index in [0.717, 1.165) is 18.5 Å². The third kappa shape index (κ3) is 3.56. The van der Waals surface area contributed by atoms with Crippen molar-refractivity contribution >= 4 is 17.6 Å². The zero-order chi connectivity index (χ0) is 20.5. The summed E-state index contributed by atoms with van der Waals surface area (Å²) in [6.45, 7) is 3.54. The number of pyridine rings is 1. The van der Waals surface area contributed by atoms with Crippen molar-refractivity contribution in [3.8, 4) is 0 Å². The van der Waals surface area contributed by atoms with Crippen LogP contribution in [0.25, 0.3) is 11.7 Å². The van der Waals surface area contributed by atoms with Crippen LogP contribution in [0.5, 0.6) is 0 Å². The number of nitrogens with one attached hydrogen (secondary N) is 1. The Bertz CT molecular complexity index is 1110. The summed E-state index contributed by atoms with van der Waals surface area (Å²) in [5, 5.41) is 2.94. The van der Waals surface area contributed by atoms with Gasteiger partial charge in [0, 0.05) is 24.2 Å². The standard InChI is InChI=1S/C23H26N4O2/c1-15-17-9-5-4-8-16(17)14-19-20(15)23(29)27-13-6-10-18(21(27)25-19)22(28)24-11-7-12-26(2)3/h4-6,8-10,13-15,17H,7,11-12H2,1-3H3,(H,24,28). The molecule has 2 aromatic rings. The summed E-state index contributed by atoms with van der Waals surface area (Å²) in [5.74, 6) is 0.0124. The highest BCUT2D eigenvalue weighted by Gasteiger charge is 2.31. The molecule has 0 radical (unpaired) electrons. The highest BCUT2D eigenvalue weighted by molar-refractivity contribution is 5.99. The second kappa shape index (κ2) is 7.79. The number of aromatic nitrogens is 2. The number of carbonyl (C=O) groups is 1. The Morgan fingerprint density at radius 3 is 2.93 bits per heavy atom. The van der Waals surface area contributed by atoms with Crippen molar-refractivity contribution in [2.75, 3.05) is 27.2 Å². The predicted octanol–water partition coefficient (Wildman–Crippen LogP) is 2.62. The molecular weight excluding hydrogens is 364 g/mol. The van der Waals surface area contributed by atoms with Crippen LogP contribution >= 0.6 is 0 Å². The first-order valence-corrected chi connectivity index (χ1v) is 10.0. The normalized spacial score (nSPS) is 19.8. The molecule has 1 amide bonds. The van der Waals surface area contributed by atoms with Crippen molar-refractivity contribution in [2.45, 2.75) is 19.3 Å². The maximum Gasteiger partial charge on any atom is 0.261 e. The molecule has 2 unspecified atom stereocenters. The summed E-state index contributed by atoms with van der Waals surface area (Å²) < 4.78 is 1.51. The number of carbonyl (C=O) groups excluding carboxylic acids is 1. The minimum absolute atomic E-state index is 0.0339. The molecule has 29 heavy (non-hydrogen) atoms. The van der Waals surface area contributed by atoms with Gasteiger partial charge in [-0.3, -0.25) is 14.0 Å². The molecule has 150 valence electrons. The summed E-state index contributed by atoms with van der Waals surface area (Å²) in [4.78, 5) is 32.9. The lowest BCUT2D eigenvalue weighted by molar-refractivity contribution is 0.0953. The number of hydrogen-bond donors (Lipinski definition) is 1. The van der Waals surface area contributed by atoms with Crippen molar-refractivity contribution < 1.29 is 4.79 Å². The van der Waals surface area contributed by atoms with Gasteiger partial charge in [-0.05, 0) is 56.8 Å². The molecule has 2 atom stereocenters. The first kappa shape index (κ1) is 19.3. The van der Waals surface area contributed by atoms with E-state index in [0.29, 0.717) is 29.0 Å². The molecule has 1 N–H and O–H groups in total. The third-order valence-corrected chi connectivity index (χ3v) is 5.63. The molecule has 0 spiro atoms. The number of hydrogen-bond acceptors (Lipinski definition) is 4. The molecule has 0 saturated carbocycles. The fraction of sp³-hybridized carbons (Fsp3) is 0.348. The van der Waals surface area contributed by atoms with Crippen LogP contribution in [0.3, 0.4) is 0 Å². The van der Waals surface area contributed by atoms with Crippen LogP contribution in [0.15, 0.2) is 53.0 Å². The molecule has 2 aromatic heterocycles. The van der Waals surface area contributed by atoms with Crippen LogP contribution in [0.1, 0.15) is 40.9 Å². The average Bonchev–Trinajstić information content (AvgIpc) is 2.70. The third-order valence-electron chi connectivity index (χ3n) is 5.63. The summed E-state index contributed by atoms with van der Waals surface area (Å²) in [7, 11) is 4.01. The first-order chi connectivity index (χ1) is 14.0. The van der Waals surface area contributed by atoms with Crippen LogP contribution in [-0.4, -0.2) is 47.4 Å². The zero-order valence-corrected chi connectivity index (χ0v) is 17.1. The highest BCUT2D eigenvalue weighted by Crippen LogP contribution is 2.38. The molecule has 0 aromatic carbocycles. The fourth-order valence-electron chi connectivity index (χ4n) is 4.11. The van der Waals surface area contributed by atoms with E-state index in [1.807, 2.05) is 32.3 Å². The smallest absolute Gasteiger partial charge is 0.261 e. The number of fused-ring (bicyclic) bond motifs is 3. The van der Waals surface area contributed by atoms with Crippen molar-refractivity contribution in [3.05, 3.63) is 75.4 Å². The van der Waals surface area contributed by atoms with Crippen molar-refractivity contribution in [2.24, 2.45) is 5.92 Å². The van der Waals surface area contributed by atoms with Gasteiger partial charge < -0.3 is 10.2 Å². The Kier molecular flexibility index (Phi) is 5.20. The molecular formula is C23H26N4O2. The Morgan fingerprint density at radius 1 is 1.31 bits per heavy atom. The molecule has 2 aliphatic carbocycles. The number of amides is 1. The summed E-state index contributed by atoms with van der Waals surface area (Å²) in [6.07, 6.45) is 12.7. The van der Waals surface area contributed by atoms with Gasteiger partial charge in [0.2, 0.25) is 0 Å². The summed E-state index contributed by atoms with van der Waals surface area (Å²) >= 11 is 0. The van der Waals surface area contributed by atoms with Crippen LogP contribution in [0.2, 0.25) is 0 Å². The second-order valence-electron chi connectivity index (χ2n) is 7.95. The monoisotopic (exact) mass is 390 g/mol. The van der Waals surface area contributed by atoms with Gasteiger partial charge in [0.05, 0.1) is 11.3 Å². The Labute approximate surface area is 170 Å². The lowest BCUT2D eigenvalue weighted by atomic mass is 9.76. The lowest BCUT2D eigenvalue weighted by Gasteiger charge is -2.29. The van der Waals surface area contributed by atoms with E-state index in [9.17, 15) is 9.59 Å². The van der Waals surface area contributed by atoms with E-state index < -0.39 is 0 Å². The predicted molar refractivity (Wildman–Crippen MR) is 115 cm³/mol. The van der Waals surface area contributed by atoms with Gasteiger partial charge in [0.15, 0.2) is 5.65 Å². The average molecular weight is 390 g/mol. The van der Waals surface area contributed by atoms with E-state index in [-0.39, 0.29) is 23.3 Å². The van der Waals surface area contributed by atoms with E-state index in [4.69, 9.17) is 4.98 Å². The maximum absolute atomic E-state index is 13.3. The fourth-order valence-corrected chi connectivity index (χ4v) is 4.11. The Morgan fingerprint density at radius 2 is 2.14 bits per heavy atom. The SMILES string of the molecule is CC1c2c(nc3c(C(=O)NCCCN(C)C)cccn3c2=O)C=C2C=CC=CC21. The van der Waals surface area contributed by atoms with E-state index in [1.165, 1.54) is 4.40 Å². The van der Waals surface area contributed by atoms with Crippen molar-refractivity contribution in [3.63, 3.8) is 0 Å². The molecule has 0 fully saturated rings. The minimum Gasteiger partial charge on any atom is -0.352 e. The van der Waals surface area contributed by atoms with Gasteiger partial charge in [-0.15, -0.1) is 0 Å². The highest BCUT2D eigenvalue weighted by atomic mass is 16.2. The summed E-state index contributed by atoms with van der Waals surface area (Å²) in [6, 6.07) is 3.45. The maximum atomic E-state index is 13.3. The van der Waals surface area contributed by atoms with Crippen molar-refractivity contribution in [1.82, 2.24) is 19.6 Å². The molecule has 6 heteroatoms. The van der Waals surface area contributed by atoms with Gasteiger partial charge in [0.1, 0.15) is 0 Å². The Balaban J connectivity index is 1.74. The quantitative estimate of drug-likeness (QED) is 0.797. The van der Waals surface area contributed by atoms with Gasteiger partial charge in [-0.2, -0.15) is 0 Å². The van der Waals surface area contributed by atoms with Gasteiger partial charge in [0.25, 0.3) is 11.5 Å². The van der Waals surface area contributed by atoms with Gasteiger partial charge in [-0.25, -0.2) is 4.98 Å². The van der Waals surface area contributed by atoms with E-state index in [1.54, 1.807) is 18.3 Å². The molecule has 0 aliphatic heterocycles. The van der Waals surface area contributed by atoms with Crippen LogP contribution < -0.4 is 10.9 Å². The van der Waals surface area contributed by atoms with E-state index >= 15 is 0 Å². The number of rotatable bonds is 5. The number of nitrogens with zero attached hydrogens (tertiary/aromatic N) is 3. The lowest BCUT2D eigenvalue weighted by Crippen LogP contribution is -2.31.